The highest BCUT2D eigenvalue weighted by Gasteiger charge is 2.23. The minimum Gasteiger partial charge on any atom is -0.296 e. The standard InChI is InChI=1S/C15H20N2/c1-3-11(2)17-15(10-16)14-8-6-13(7-9-14)12-4-5-12/h6-9,11-12,15,17H,3-5H2,1-2H3. The van der Waals surface area contributed by atoms with Gasteiger partial charge in [0.1, 0.15) is 6.04 Å². The van der Waals surface area contributed by atoms with Crippen LogP contribution in [0, 0.1) is 11.3 Å². The van der Waals surface area contributed by atoms with Gasteiger partial charge >= 0.3 is 0 Å². The summed E-state index contributed by atoms with van der Waals surface area (Å²) < 4.78 is 0. The Morgan fingerprint density at radius 3 is 2.47 bits per heavy atom. The fourth-order valence-electron chi connectivity index (χ4n) is 1.99. The van der Waals surface area contributed by atoms with Crippen LogP contribution < -0.4 is 5.32 Å². The molecule has 1 saturated carbocycles. The molecule has 2 heteroatoms. The van der Waals surface area contributed by atoms with Crippen LogP contribution in [0.3, 0.4) is 0 Å². The largest absolute Gasteiger partial charge is 0.296 e. The summed E-state index contributed by atoms with van der Waals surface area (Å²) in [6, 6.07) is 11.1. The van der Waals surface area contributed by atoms with Gasteiger partial charge in [0.05, 0.1) is 6.07 Å². The fraction of sp³-hybridized carbons (Fsp3) is 0.533. The molecule has 0 heterocycles. The topological polar surface area (TPSA) is 35.8 Å². The smallest absolute Gasteiger partial charge is 0.121 e. The second-order valence-corrected chi connectivity index (χ2v) is 4.98. The molecule has 0 radical (unpaired) electrons. The molecular formula is C15H20N2. The van der Waals surface area contributed by atoms with Crippen LogP contribution in [0.1, 0.15) is 56.2 Å². The fourth-order valence-corrected chi connectivity index (χ4v) is 1.99. The van der Waals surface area contributed by atoms with Crippen LogP contribution in [0.5, 0.6) is 0 Å². The van der Waals surface area contributed by atoms with Crippen molar-refractivity contribution < 1.29 is 0 Å². The monoisotopic (exact) mass is 228 g/mol. The normalized spacial score (nSPS) is 18.4. The summed E-state index contributed by atoms with van der Waals surface area (Å²) in [5.41, 5.74) is 2.51. The van der Waals surface area contributed by atoms with Gasteiger partial charge in [-0.25, -0.2) is 0 Å². The van der Waals surface area contributed by atoms with E-state index in [1.165, 1.54) is 18.4 Å². The number of hydrogen-bond donors (Lipinski definition) is 1. The van der Waals surface area contributed by atoms with Crippen molar-refractivity contribution in [3.05, 3.63) is 35.4 Å². The summed E-state index contributed by atoms with van der Waals surface area (Å²) in [5.74, 6) is 0.784. The Bertz CT molecular complexity index is 398. The second kappa shape index (κ2) is 5.33. The van der Waals surface area contributed by atoms with Crippen molar-refractivity contribution in [1.29, 1.82) is 5.26 Å². The maximum atomic E-state index is 9.20. The molecule has 2 unspecified atom stereocenters. The van der Waals surface area contributed by atoms with Crippen molar-refractivity contribution in [3.63, 3.8) is 0 Å². The lowest BCUT2D eigenvalue weighted by Gasteiger charge is -2.17. The summed E-state index contributed by atoms with van der Waals surface area (Å²) in [5, 5.41) is 12.5. The number of benzene rings is 1. The average Bonchev–Trinajstić information content (AvgIpc) is 3.20. The number of hydrogen-bond acceptors (Lipinski definition) is 2. The Kier molecular flexibility index (Phi) is 3.81. The molecule has 1 N–H and O–H groups in total. The lowest BCUT2D eigenvalue weighted by atomic mass is 10.0. The first-order chi connectivity index (χ1) is 8.24. The number of rotatable bonds is 5. The van der Waals surface area contributed by atoms with Gasteiger partial charge in [0.2, 0.25) is 0 Å². The molecule has 0 aliphatic heterocycles. The van der Waals surface area contributed by atoms with E-state index in [1.54, 1.807) is 0 Å². The Balaban J connectivity index is 2.05. The van der Waals surface area contributed by atoms with Crippen molar-refractivity contribution in [2.45, 2.75) is 51.1 Å². The number of nitrogens with zero attached hydrogens (tertiary/aromatic N) is 1. The Labute approximate surface area is 104 Å². The van der Waals surface area contributed by atoms with Crippen LogP contribution in [0.25, 0.3) is 0 Å². The van der Waals surface area contributed by atoms with E-state index in [1.807, 2.05) is 0 Å². The third-order valence-electron chi connectivity index (χ3n) is 3.51. The summed E-state index contributed by atoms with van der Waals surface area (Å²) >= 11 is 0. The van der Waals surface area contributed by atoms with Crippen LogP contribution in [-0.2, 0) is 0 Å². The zero-order valence-electron chi connectivity index (χ0n) is 10.6. The van der Waals surface area contributed by atoms with E-state index in [9.17, 15) is 5.26 Å². The number of nitrogens with one attached hydrogen (secondary N) is 1. The molecule has 17 heavy (non-hydrogen) atoms. The van der Waals surface area contributed by atoms with Gasteiger partial charge in [0, 0.05) is 6.04 Å². The molecule has 0 spiro atoms. The molecule has 0 aromatic heterocycles. The van der Waals surface area contributed by atoms with Gasteiger partial charge in [-0.15, -0.1) is 0 Å². The van der Waals surface area contributed by atoms with Crippen LogP contribution >= 0.6 is 0 Å². The van der Waals surface area contributed by atoms with E-state index in [0.717, 1.165) is 17.9 Å². The first kappa shape index (κ1) is 12.1. The molecule has 2 atom stereocenters. The van der Waals surface area contributed by atoms with Crippen LogP contribution in [-0.4, -0.2) is 6.04 Å². The quantitative estimate of drug-likeness (QED) is 0.837. The molecule has 1 aromatic rings. The van der Waals surface area contributed by atoms with Crippen molar-refractivity contribution >= 4 is 0 Å². The minimum atomic E-state index is -0.182. The SMILES string of the molecule is CCC(C)NC(C#N)c1ccc(C2CC2)cc1. The van der Waals surface area contributed by atoms with E-state index < -0.39 is 0 Å². The van der Waals surface area contributed by atoms with Gasteiger partial charge in [0.25, 0.3) is 0 Å². The van der Waals surface area contributed by atoms with Crippen LogP contribution in [0.4, 0.5) is 0 Å². The molecule has 2 nitrogen and oxygen atoms in total. The van der Waals surface area contributed by atoms with Gasteiger partial charge in [0.15, 0.2) is 0 Å². The minimum absolute atomic E-state index is 0.182. The lowest BCUT2D eigenvalue weighted by molar-refractivity contribution is 0.501. The molecule has 1 aliphatic rings. The average molecular weight is 228 g/mol. The predicted octanol–water partition coefficient (Wildman–Crippen LogP) is 3.52. The highest BCUT2D eigenvalue weighted by Crippen LogP contribution is 2.40. The first-order valence-electron chi connectivity index (χ1n) is 6.50. The molecule has 1 aliphatic carbocycles. The molecular weight excluding hydrogens is 208 g/mol. The van der Waals surface area contributed by atoms with Gasteiger partial charge in [-0.3, -0.25) is 5.32 Å². The molecule has 1 aromatic carbocycles. The van der Waals surface area contributed by atoms with E-state index >= 15 is 0 Å². The number of nitriles is 1. The van der Waals surface area contributed by atoms with Crippen LogP contribution in [0.2, 0.25) is 0 Å². The molecule has 90 valence electrons. The summed E-state index contributed by atoms with van der Waals surface area (Å²) in [6.45, 7) is 4.24. The third kappa shape index (κ3) is 3.08. The van der Waals surface area contributed by atoms with Gasteiger partial charge in [-0.1, -0.05) is 31.2 Å². The summed E-state index contributed by atoms with van der Waals surface area (Å²) in [7, 11) is 0. The van der Waals surface area contributed by atoms with E-state index in [4.69, 9.17) is 0 Å². The molecule has 0 amide bonds. The van der Waals surface area contributed by atoms with Gasteiger partial charge < -0.3 is 0 Å². The van der Waals surface area contributed by atoms with E-state index in [2.05, 4.69) is 49.5 Å². The Hall–Kier alpha value is -1.33. The van der Waals surface area contributed by atoms with E-state index in [0.29, 0.717) is 6.04 Å². The Morgan fingerprint density at radius 2 is 2.00 bits per heavy atom. The van der Waals surface area contributed by atoms with E-state index in [-0.39, 0.29) is 6.04 Å². The van der Waals surface area contributed by atoms with Crippen molar-refractivity contribution in [2.75, 3.05) is 0 Å². The zero-order valence-corrected chi connectivity index (χ0v) is 10.6. The third-order valence-corrected chi connectivity index (χ3v) is 3.51. The van der Waals surface area contributed by atoms with Gasteiger partial charge in [-0.05, 0) is 43.2 Å². The molecule has 0 saturated heterocycles. The zero-order chi connectivity index (χ0) is 12.3. The maximum Gasteiger partial charge on any atom is 0.121 e. The van der Waals surface area contributed by atoms with Crippen molar-refractivity contribution in [2.24, 2.45) is 0 Å². The predicted molar refractivity (Wildman–Crippen MR) is 69.7 cm³/mol. The van der Waals surface area contributed by atoms with Crippen LogP contribution in [0.15, 0.2) is 24.3 Å². The molecule has 0 bridgehead atoms. The highest BCUT2D eigenvalue weighted by atomic mass is 14.9. The maximum absolute atomic E-state index is 9.20. The molecule has 2 rings (SSSR count). The summed E-state index contributed by atoms with van der Waals surface area (Å²) in [4.78, 5) is 0. The van der Waals surface area contributed by atoms with Crippen molar-refractivity contribution in [3.8, 4) is 6.07 Å². The van der Waals surface area contributed by atoms with Gasteiger partial charge in [-0.2, -0.15) is 5.26 Å². The molecule has 1 fully saturated rings. The second-order valence-electron chi connectivity index (χ2n) is 4.98. The highest BCUT2D eigenvalue weighted by molar-refractivity contribution is 5.31. The lowest BCUT2D eigenvalue weighted by Crippen LogP contribution is -2.29. The Morgan fingerprint density at radius 1 is 1.35 bits per heavy atom. The first-order valence-corrected chi connectivity index (χ1v) is 6.50. The summed E-state index contributed by atoms with van der Waals surface area (Å²) in [6.07, 6.45) is 3.69. The van der Waals surface area contributed by atoms with Crippen molar-refractivity contribution in [1.82, 2.24) is 5.32 Å².